The normalized spacial score (nSPS) is 17.1. The van der Waals surface area contributed by atoms with E-state index in [4.69, 9.17) is 4.74 Å². The van der Waals surface area contributed by atoms with Crippen LogP contribution in [0.2, 0.25) is 0 Å². The first-order chi connectivity index (χ1) is 13.6. The zero-order chi connectivity index (χ0) is 19.3. The smallest absolute Gasteiger partial charge is 0.352 e. The number of hydrogen-bond donors (Lipinski definition) is 0. The lowest BCUT2D eigenvalue weighted by Crippen LogP contribution is -2.29. The van der Waals surface area contributed by atoms with E-state index in [2.05, 4.69) is 21.0 Å². The SMILES string of the molecule is O=c1c2sccc2n2c(=O)n(Cc3ccc(Br)cc3)nc2n1C[C@@H]1CCCO1. The summed E-state index contributed by atoms with van der Waals surface area (Å²) in [7, 11) is 0. The summed E-state index contributed by atoms with van der Waals surface area (Å²) in [5.74, 6) is 0.369. The molecule has 1 atom stereocenters. The first-order valence-corrected chi connectivity index (χ1v) is 10.7. The number of hydrogen-bond acceptors (Lipinski definition) is 5. The van der Waals surface area contributed by atoms with Gasteiger partial charge in [-0.2, -0.15) is 0 Å². The topological polar surface area (TPSA) is 70.5 Å². The van der Waals surface area contributed by atoms with Crippen LogP contribution in [0.15, 0.2) is 49.8 Å². The maximum Gasteiger partial charge on any atom is 0.352 e. The quantitative estimate of drug-likeness (QED) is 0.469. The van der Waals surface area contributed by atoms with Crippen molar-refractivity contribution in [3.05, 3.63) is 66.6 Å². The van der Waals surface area contributed by atoms with Crippen LogP contribution < -0.4 is 11.2 Å². The van der Waals surface area contributed by atoms with Crippen molar-refractivity contribution in [1.82, 2.24) is 18.7 Å². The second-order valence-electron chi connectivity index (χ2n) is 6.89. The van der Waals surface area contributed by atoms with Crippen molar-refractivity contribution in [3.63, 3.8) is 0 Å². The van der Waals surface area contributed by atoms with Gasteiger partial charge in [-0.15, -0.1) is 16.4 Å². The Morgan fingerprint density at radius 3 is 2.79 bits per heavy atom. The standard InChI is InChI=1S/C19H17BrN4O3S/c20-13-5-3-12(4-6-13)10-23-19(26)24-15-7-9-28-16(15)17(25)22(18(24)21-23)11-14-2-1-8-27-14/h3-7,9,14H,1-2,8,10-11H2/t14-/m0/s1. The van der Waals surface area contributed by atoms with Crippen molar-refractivity contribution in [2.24, 2.45) is 0 Å². The van der Waals surface area contributed by atoms with E-state index in [1.165, 1.54) is 16.0 Å². The van der Waals surface area contributed by atoms with Gasteiger partial charge in [-0.25, -0.2) is 13.9 Å². The number of rotatable bonds is 4. The molecule has 0 amide bonds. The van der Waals surface area contributed by atoms with E-state index in [1.54, 1.807) is 15.0 Å². The third-order valence-electron chi connectivity index (χ3n) is 5.04. The van der Waals surface area contributed by atoms with Crippen LogP contribution in [0.25, 0.3) is 16.0 Å². The Bertz CT molecular complexity index is 1280. The minimum Gasteiger partial charge on any atom is -0.376 e. The van der Waals surface area contributed by atoms with Gasteiger partial charge < -0.3 is 4.74 Å². The van der Waals surface area contributed by atoms with Gasteiger partial charge in [0, 0.05) is 11.1 Å². The third-order valence-corrected chi connectivity index (χ3v) is 6.46. The minimum absolute atomic E-state index is 0.0226. The maximum absolute atomic E-state index is 13.1. The van der Waals surface area contributed by atoms with E-state index >= 15 is 0 Å². The zero-order valence-electron chi connectivity index (χ0n) is 14.9. The predicted octanol–water partition coefficient (Wildman–Crippen LogP) is 2.86. The lowest BCUT2D eigenvalue weighted by molar-refractivity contribution is 0.0969. The van der Waals surface area contributed by atoms with Gasteiger partial charge in [-0.05, 0) is 42.0 Å². The lowest BCUT2D eigenvalue weighted by Gasteiger charge is -2.12. The molecule has 4 aromatic rings. The Hall–Kier alpha value is -2.23. The summed E-state index contributed by atoms with van der Waals surface area (Å²) >= 11 is 4.77. The van der Waals surface area contributed by atoms with Crippen LogP contribution in [0.3, 0.4) is 0 Å². The van der Waals surface area contributed by atoms with Crippen LogP contribution >= 0.6 is 27.3 Å². The van der Waals surface area contributed by atoms with Crippen molar-refractivity contribution in [2.75, 3.05) is 6.61 Å². The molecule has 0 radical (unpaired) electrons. The van der Waals surface area contributed by atoms with Crippen LogP contribution in [0.5, 0.6) is 0 Å². The molecule has 0 aliphatic carbocycles. The maximum atomic E-state index is 13.1. The molecule has 1 fully saturated rings. The Balaban J connectivity index is 1.69. The largest absolute Gasteiger partial charge is 0.376 e. The van der Waals surface area contributed by atoms with Crippen LogP contribution in [0, 0.1) is 0 Å². The monoisotopic (exact) mass is 460 g/mol. The van der Waals surface area contributed by atoms with E-state index in [-0.39, 0.29) is 17.4 Å². The fourth-order valence-corrected chi connectivity index (χ4v) is 4.74. The number of halogens is 1. The molecule has 4 heterocycles. The fraction of sp³-hybridized carbons (Fsp3) is 0.316. The first-order valence-electron chi connectivity index (χ1n) is 9.07. The molecule has 1 aliphatic heterocycles. The average Bonchev–Trinajstić information content (AvgIpc) is 3.42. The van der Waals surface area contributed by atoms with E-state index in [9.17, 15) is 9.59 Å². The molecule has 3 aromatic heterocycles. The molecule has 1 saturated heterocycles. The molecule has 28 heavy (non-hydrogen) atoms. The summed E-state index contributed by atoms with van der Waals surface area (Å²) in [6, 6.07) is 9.55. The number of ether oxygens (including phenoxy) is 1. The number of aromatic nitrogens is 4. The van der Waals surface area contributed by atoms with Crippen LogP contribution in [-0.2, 0) is 17.8 Å². The summed E-state index contributed by atoms with van der Waals surface area (Å²) in [5, 5.41) is 6.36. The van der Waals surface area contributed by atoms with E-state index in [0.29, 0.717) is 35.7 Å². The second kappa shape index (κ2) is 6.98. The summed E-state index contributed by atoms with van der Waals surface area (Å²) in [6.45, 7) is 1.46. The van der Waals surface area contributed by atoms with Crippen molar-refractivity contribution >= 4 is 43.3 Å². The highest BCUT2D eigenvalue weighted by atomic mass is 79.9. The summed E-state index contributed by atoms with van der Waals surface area (Å²) in [4.78, 5) is 26.2. The van der Waals surface area contributed by atoms with Crippen molar-refractivity contribution in [3.8, 4) is 0 Å². The Morgan fingerprint density at radius 2 is 2.04 bits per heavy atom. The van der Waals surface area contributed by atoms with E-state index in [0.717, 1.165) is 22.9 Å². The number of benzene rings is 1. The van der Waals surface area contributed by atoms with Gasteiger partial charge in [-0.3, -0.25) is 9.36 Å². The van der Waals surface area contributed by atoms with Crippen molar-refractivity contribution in [1.29, 1.82) is 0 Å². The van der Waals surface area contributed by atoms with Gasteiger partial charge in [0.15, 0.2) is 0 Å². The van der Waals surface area contributed by atoms with Gasteiger partial charge in [0.2, 0.25) is 5.78 Å². The minimum atomic E-state index is -0.248. The first kappa shape index (κ1) is 17.8. The van der Waals surface area contributed by atoms with E-state index < -0.39 is 0 Å². The molecule has 9 heteroatoms. The molecule has 0 spiro atoms. The summed E-state index contributed by atoms with van der Waals surface area (Å²) < 4.78 is 11.8. The van der Waals surface area contributed by atoms with E-state index in [1.807, 2.05) is 29.6 Å². The molecule has 7 nitrogen and oxygen atoms in total. The zero-order valence-corrected chi connectivity index (χ0v) is 17.3. The van der Waals surface area contributed by atoms with Gasteiger partial charge in [0.1, 0.15) is 4.70 Å². The molecular formula is C19H17BrN4O3S. The molecule has 0 unspecified atom stereocenters. The molecule has 0 N–H and O–H groups in total. The third kappa shape index (κ3) is 2.94. The number of nitrogens with zero attached hydrogens (tertiary/aromatic N) is 4. The fourth-order valence-electron chi connectivity index (χ4n) is 3.66. The molecule has 1 aliphatic rings. The van der Waals surface area contributed by atoms with Crippen molar-refractivity contribution in [2.45, 2.75) is 32.0 Å². The number of fused-ring (bicyclic) bond motifs is 3. The Labute approximate surface area is 171 Å². The van der Waals surface area contributed by atoms with Gasteiger partial charge in [0.05, 0.1) is 24.7 Å². The molecule has 0 bridgehead atoms. The predicted molar refractivity (Wildman–Crippen MR) is 111 cm³/mol. The van der Waals surface area contributed by atoms with Crippen molar-refractivity contribution < 1.29 is 4.74 Å². The van der Waals surface area contributed by atoms with Gasteiger partial charge in [0.25, 0.3) is 5.56 Å². The second-order valence-corrected chi connectivity index (χ2v) is 8.72. The average molecular weight is 461 g/mol. The summed E-state index contributed by atoms with van der Waals surface area (Å²) in [5.41, 5.74) is 1.21. The van der Waals surface area contributed by atoms with Crippen LogP contribution in [0.1, 0.15) is 18.4 Å². The molecule has 0 saturated carbocycles. The van der Waals surface area contributed by atoms with Crippen LogP contribution in [0.4, 0.5) is 0 Å². The van der Waals surface area contributed by atoms with Gasteiger partial charge in [-0.1, -0.05) is 28.1 Å². The summed E-state index contributed by atoms with van der Waals surface area (Å²) in [6.07, 6.45) is 1.87. The molecule has 144 valence electrons. The molecular weight excluding hydrogens is 444 g/mol. The Kier molecular flexibility index (Phi) is 4.45. The lowest BCUT2D eigenvalue weighted by atomic mass is 10.2. The highest BCUT2D eigenvalue weighted by Gasteiger charge is 2.22. The van der Waals surface area contributed by atoms with Crippen LogP contribution in [-0.4, -0.2) is 31.5 Å². The van der Waals surface area contributed by atoms with Gasteiger partial charge >= 0.3 is 5.69 Å². The number of thiophene rings is 1. The highest BCUT2D eigenvalue weighted by molar-refractivity contribution is 9.10. The Morgan fingerprint density at radius 1 is 1.21 bits per heavy atom. The molecule has 5 rings (SSSR count). The highest BCUT2D eigenvalue weighted by Crippen LogP contribution is 2.20. The molecule has 1 aromatic carbocycles.